The van der Waals surface area contributed by atoms with Gasteiger partial charge in [-0.15, -0.1) is 5.10 Å². The second-order valence-corrected chi connectivity index (χ2v) is 6.82. The molecule has 8 heteroatoms. The summed E-state index contributed by atoms with van der Waals surface area (Å²) in [6.45, 7) is 3.41. The van der Waals surface area contributed by atoms with E-state index in [9.17, 15) is 9.59 Å². The van der Waals surface area contributed by atoms with Gasteiger partial charge in [-0.05, 0) is 42.8 Å². The van der Waals surface area contributed by atoms with Crippen LogP contribution in [0.5, 0.6) is 0 Å². The highest BCUT2D eigenvalue weighted by atomic mass is 32.2. The molecular formula is C19H19N5O2S. The van der Waals surface area contributed by atoms with Crippen LogP contribution in [0.15, 0.2) is 53.7 Å². The lowest BCUT2D eigenvalue weighted by molar-refractivity contribution is -0.114. The van der Waals surface area contributed by atoms with Crippen molar-refractivity contribution in [2.24, 2.45) is 0 Å². The molecule has 27 heavy (non-hydrogen) atoms. The number of carbonyl (C=O) groups excluding carboxylic acids is 2. The van der Waals surface area contributed by atoms with Crippen LogP contribution in [0.25, 0.3) is 11.4 Å². The third-order valence-electron chi connectivity index (χ3n) is 3.70. The Kier molecular flexibility index (Phi) is 5.87. The minimum Gasteiger partial charge on any atom is -0.326 e. The lowest BCUT2D eigenvalue weighted by Crippen LogP contribution is -2.14. The van der Waals surface area contributed by atoms with Crippen LogP contribution < -0.4 is 10.6 Å². The Bertz CT molecular complexity index is 953. The van der Waals surface area contributed by atoms with Crippen molar-refractivity contribution in [3.63, 3.8) is 0 Å². The highest BCUT2D eigenvalue weighted by Gasteiger charge is 2.10. The van der Waals surface area contributed by atoms with Gasteiger partial charge in [0.2, 0.25) is 17.0 Å². The molecule has 2 aromatic carbocycles. The van der Waals surface area contributed by atoms with Gasteiger partial charge in [0, 0.05) is 23.9 Å². The molecule has 3 N–H and O–H groups in total. The molecule has 0 unspecified atom stereocenters. The quantitative estimate of drug-likeness (QED) is 0.568. The van der Waals surface area contributed by atoms with Crippen molar-refractivity contribution >= 4 is 35.0 Å². The fraction of sp³-hybridized carbons (Fsp3) is 0.158. The monoisotopic (exact) mass is 381 g/mol. The fourth-order valence-electron chi connectivity index (χ4n) is 2.38. The summed E-state index contributed by atoms with van der Waals surface area (Å²) in [6.07, 6.45) is 0. The second-order valence-electron chi connectivity index (χ2n) is 5.88. The number of benzene rings is 2. The van der Waals surface area contributed by atoms with Crippen LogP contribution >= 0.6 is 11.8 Å². The Morgan fingerprint density at radius 3 is 2.52 bits per heavy atom. The highest BCUT2D eigenvalue weighted by molar-refractivity contribution is 7.99. The molecule has 0 atom stereocenters. The minimum absolute atomic E-state index is 0.111. The van der Waals surface area contributed by atoms with Gasteiger partial charge in [-0.3, -0.25) is 14.7 Å². The maximum Gasteiger partial charge on any atom is 0.234 e. The summed E-state index contributed by atoms with van der Waals surface area (Å²) in [5.41, 5.74) is 3.37. The number of aryl methyl sites for hydroxylation is 1. The fourth-order valence-corrected chi connectivity index (χ4v) is 2.98. The van der Waals surface area contributed by atoms with Crippen molar-refractivity contribution in [1.29, 1.82) is 0 Å². The molecule has 0 aliphatic heterocycles. The number of anilines is 2. The zero-order chi connectivity index (χ0) is 19.2. The van der Waals surface area contributed by atoms with Crippen molar-refractivity contribution in [2.75, 3.05) is 16.4 Å². The van der Waals surface area contributed by atoms with E-state index >= 15 is 0 Å². The number of hydrogen-bond acceptors (Lipinski definition) is 5. The van der Waals surface area contributed by atoms with E-state index in [-0.39, 0.29) is 17.6 Å². The molecule has 0 aliphatic carbocycles. The van der Waals surface area contributed by atoms with E-state index in [0.29, 0.717) is 16.7 Å². The Hall–Kier alpha value is -3.13. The maximum atomic E-state index is 12.1. The number of H-pyrrole nitrogens is 1. The molecule has 0 fully saturated rings. The Morgan fingerprint density at radius 2 is 1.81 bits per heavy atom. The van der Waals surface area contributed by atoms with Crippen molar-refractivity contribution in [2.45, 2.75) is 19.0 Å². The molecular weight excluding hydrogens is 362 g/mol. The SMILES string of the molecule is CC(=O)Nc1ccc(-c2nc(SCC(=O)Nc3ccccc3C)n[nH]2)cc1. The summed E-state index contributed by atoms with van der Waals surface area (Å²) < 4.78 is 0. The van der Waals surface area contributed by atoms with E-state index in [4.69, 9.17) is 0 Å². The predicted molar refractivity (Wildman–Crippen MR) is 107 cm³/mol. The van der Waals surface area contributed by atoms with Gasteiger partial charge in [-0.2, -0.15) is 0 Å². The number of aromatic amines is 1. The Labute approximate surface area is 161 Å². The average molecular weight is 381 g/mol. The summed E-state index contributed by atoms with van der Waals surface area (Å²) in [6, 6.07) is 14.9. The van der Waals surface area contributed by atoms with E-state index in [1.54, 1.807) is 12.1 Å². The van der Waals surface area contributed by atoms with Crippen molar-refractivity contribution in [3.05, 3.63) is 54.1 Å². The zero-order valence-corrected chi connectivity index (χ0v) is 15.8. The van der Waals surface area contributed by atoms with Gasteiger partial charge in [-0.25, -0.2) is 4.98 Å². The number of rotatable bonds is 6. The van der Waals surface area contributed by atoms with E-state index in [0.717, 1.165) is 16.8 Å². The van der Waals surface area contributed by atoms with Crippen molar-refractivity contribution < 1.29 is 9.59 Å². The molecule has 0 aliphatic rings. The second kappa shape index (κ2) is 8.50. The summed E-state index contributed by atoms with van der Waals surface area (Å²) >= 11 is 1.26. The van der Waals surface area contributed by atoms with E-state index in [1.807, 2.05) is 43.3 Å². The lowest BCUT2D eigenvalue weighted by atomic mass is 10.2. The average Bonchev–Trinajstić information content (AvgIpc) is 3.11. The van der Waals surface area contributed by atoms with Gasteiger partial charge in [-0.1, -0.05) is 30.0 Å². The molecule has 0 saturated heterocycles. The van der Waals surface area contributed by atoms with Gasteiger partial charge in [0.25, 0.3) is 0 Å². The molecule has 0 radical (unpaired) electrons. The molecule has 0 bridgehead atoms. The molecule has 0 spiro atoms. The van der Waals surface area contributed by atoms with Crippen LogP contribution in [-0.4, -0.2) is 32.7 Å². The molecule has 7 nitrogen and oxygen atoms in total. The zero-order valence-electron chi connectivity index (χ0n) is 14.9. The largest absolute Gasteiger partial charge is 0.326 e. The van der Waals surface area contributed by atoms with Crippen LogP contribution in [0.3, 0.4) is 0 Å². The highest BCUT2D eigenvalue weighted by Crippen LogP contribution is 2.21. The molecule has 3 aromatic rings. The van der Waals surface area contributed by atoms with Gasteiger partial charge < -0.3 is 10.6 Å². The van der Waals surface area contributed by atoms with E-state index in [2.05, 4.69) is 25.8 Å². The number of para-hydroxylation sites is 1. The third-order valence-corrected chi connectivity index (χ3v) is 4.54. The van der Waals surface area contributed by atoms with E-state index in [1.165, 1.54) is 18.7 Å². The van der Waals surface area contributed by atoms with Crippen molar-refractivity contribution in [1.82, 2.24) is 15.2 Å². The van der Waals surface area contributed by atoms with Crippen LogP contribution in [0.2, 0.25) is 0 Å². The standard InChI is InChI=1S/C19H19N5O2S/c1-12-5-3-4-6-16(12)21-17(26)11-27-19-22-18(23-24-19)14-7-9-15(10-8-14)20-13(2)25/h3-10H,11H2,1-2H3,(H,20,25)(H,21,26)(H,22,23,24). The van der Waals surface area contributed by atoms with Crippen LogP contribution in [-0.2, 0) is 9.59 Å². The smallest absolute Gasteiger partial charge is 0.234 e. The summed E-state index contributed by atoms with van der Waals surface area (Å²) in [4.78, 5) is 27.6. The first-order valence-corrected chi connectivity index (χ1v) is 9.28. The molecule has 1 aromatic heterocycles. The number of amides is 2. The van der Waals surface area contributed by atoms with Crippen LogP contribution in [0.1, 0.15) is 12.5 Å². The van der Waals surface area contributed by atoms with Crippen LogP contribution in [0, 0.1) is 6.92 Å². The summed E-state index contributed by atoms with van der Waals surface area (Å²) in [7, 11) is 0. The van der Waals surface area contributed by atoms with Crippen LogP contribution in [0.4, 0.5) is 11.4 Å². The molecule has 138 valence electrons. The molecule has 3 rings (SSSR count). The molecule has 1 heterocycles. The topological polar surface area (TPSA) is 99.8 Å². The molecule has 0 saturated carbocycles. The first-order chi connectivity index (χ1) is 13.0. The predicted octanol–water partition coefficient (Wildman–Crippen LogP) is 3.47. The minimum atomic E-state index is -0.120. The van der Waals surface area contributed by atoms with Gasteiger partial charge >= 0.3 is 0 Å². The Balaban J connectivity index is 1.57. The normalized spacial score (nSPS) is 10.4. The number of carbonyl (C=O) groups is 2. The number of aromatic nitrogens is 3. The third kappa shape index (κ3) is 5.18. The van der Waals surface area contributed by atoms with E-state index < -0.39 is 0 Å². The lowest BCUT2D eigenvalue weighted by Gasteiger charge is -2.06. The number of nitrogens with zero attached hydrogens (tertiary/aromatic N) is 2. The Morgan fingerprint density at radius 1 is 1.07 bits per heavy atom. The first-order valence-electron chi connectivity index (χ1n) is 8.30. The first kappa shape index (κ1) is 18.7. The summed E-state index contributed by atoms with van der Waals surface area (Å²) in [5.74, 6) is 0.587. The van der Waals surface area contributed by atoms with Gasteiger partial charge in [0.05, 0.1) is 5.75 Å². The summed E-state index contributed by atoms with van der Waals surface area (Å²) in [5, 5.41) is 13.1. The van der Waals surface area contributed by atoms with Gasteiger partial charge in [0.1, 0.15) is 0 Å². The maximum absolute atomic E-state index is 12.1. The van der Waals surface area contributed by atoms with Gasteiger partial charge in [0.15, 0.2) is 5.82 Å². The number of nitrogens with one attached hydrogen (secondary N) is 3. The number of thioether (sulfide) groups is 1. The van der Waals surface area contributed by atoms with Crippen molar-refractivity contribution in [3.8, 4) is 11.4 Å². The number of hydrogen-bond donors (Lipinski definition) is 3. The molecule has 2 amide bonds.